The number of Topliss-reactive ketones (excluding diaryl/α,β-unsaturated/α-hetero) is 1. The van der Waals surface area contributed by atoms with Gasteiger partial charge in [-0.1, -0.05) is 48.5 Å². The quantitative estimate of drug-likeness (QED) is 0.442. The molecule has 0 bridgehead atoms. The zero-order chi connectivity index (χ0) is 23.5. The minimum atomic E-state index is -1.82. The van der Waals surface area contributed by atoms with E-state index in [0.29, 0.717) is 17.9 Å². The third kappa shape index (κ3) is 8.33. The van der Waals surface area contributed by atoms with Crippen LogP contribution >= 0.6 is 0 Å². The van der Waals surface area contributed by atoms with Crippen LogP contribution in [0.15, 0.2) is 60.7 Å². The molecule has 2 aromatic rings. The van der Waals surface area contributed by atoms with E-state index in [0.717, 1.165) is 19.5 Å². The number of aliphatic carboxylic acids is 2. The molecule has 3 rings (SSSR count). The molecule has 1 unspecified atom stereocenters. The fraction of sp³-hybridized carbons (Fsp3) is 0.292. The highest BCUT2D eigenvalue weighted by atomic mass is 16.5. The van der Waals surface area contributed by atoms with Crippen LogP contribution in [0.4, 0.5) is 0 Å². The average Bonchev–Trinajstić information content (AvgIpc) is 2.79. The topological polar surface area (TPSA) is 124 Å². The van der Waals surface area contributed by atoms with Gasteiger partial charge in [0, 0.05) is 25.2 Å². The molecule has 0 saturated carbocycles. The van der Waals surface area contributed by atoms with Crippen LogP contribution in [-0.4, -0.2) is 70.3 Å². The second-order valence-electron chi connectivity index (χ2n) is 7.26. The number of β-amino-alcohol motifs (C(OH)–C–C–N with tert-alkyl or cyclic N) is 1. The monoisotopic (exact) mass is 441 g/mol. The predicted octanol–water partition coefficient (Wildman–Crippen LogP) is 2.57. The Balaban J connectivity index is 0.000000534. The number of hydrogen-bond acceptors (Lipinski definition) is 6. The Bertz CT molecular complexity index is 944. The van der Waals surface area contributed by atoms with E-state index in [1.165, 1.54) is 18.1 Å². The van der Waals surface area contributed by atoms with Gasteiger partial charge in [0.25, 0.3) is 0 Å². The van der Waals surface area contributed by atoms with E-state index in [9.17, 15) is 9.90 Å². The van der Waals surface area contributed by atoms with Crippen molar-refractivity contribution >= 4 is 23.3 Å². The number of ketones is 1. The van der Waals surface area contributed by atoms with Gasteiger partial charge in [-0.2, -0.15) is 0 Å². The molecule has 0 spiro atoms. The molecular weight excluding hydrogens is 414 g/mol. The number of carbonyl (C=O) groups is 3. The van der Waals surface area contributed by atoms with E-state index >= 15 is 0 Å². The third-order valence-corrected chi connectivity index (χ3v) is 4.77. The number of carboxylic acids is 2. The normalized spacial score (nSPS) is 14.4. The zero-order valence-electron chi connectivity index (χ0n) is 17.8. The third-order valence-electron chi connectivity index (χ3n) is 4.77. The second-order valence-corrected chi connectivity index (χ2v) is 7.26. The number of benzene rings is 2. The summed E-state index contributed by atoms with van der Waals surface area (Å²) < 4.78 is 5.65. The molecule has 1 aliphatic rings. The molecule has 0 aliphatic carbocycles. The van der Waals surface area contributed by atoms with Crippen LogP contribution in [0.25, 0.3) is 5.57 Å². The molecule has 0 fully saturated rings. The van der Waals surface area contributed by atoms with Crippen molar-refractivity contribution in [2.24, 2.45) is 0 Å². The molecule has 8 nitrogen and oxygen atoms in total. The largest absolute Gasteiger partial charge is 0.491 e. The van der Waals surface area contributed by atoms with Crippen molar-refractivity contribution in [3.05, 3.63) is 71.8 Å². The van der Waals surface area contributed by atoms with Crippen molar-refractivity contribution in [1.82, 2.24) is 4.90 Å². The Morgan fingerprint density at radius 3 is 2.28 bits per heavy atom. The number of hydrogen-bond donors (Lipinski definition) is 3. The lowest BCUT2D eigenvalue weighted by Gasteiger charge is -2.28. The van der Waals surface area contributed by atoms with Crippen molar-refractivity contribution in [1.29, 1.82) is 0 Å². The SMILES string of the molecule is CC(=O)c1cccc(OCC(O)CN2CC=C(c3ccccc3)CC2)c1.O=C(O)C(=O)O. The van der Waals surface area contributed by atoms with E-state index in [2.05, 4.69) is 35.2 Å². The van der Waals surface area contributed by atoms with Crippen LogP contribution in [-0.2, 0) is 9.59 Å². The maximum atomic E-state index is 11.4. The van der Waals surface area contributed by atoms with Gasteiger partial charge in [0.1, 0.15) is 18.5 Å². The Morgan fingerprint density at radius 2 is 1.72 bits per heavy atom. The fourth-order valence-electron chi connectivity index (χ4n) is 3.14. The van der Waals surface area contributed by atoms with Gasteiger partial charge < -0.3 is 20.1 Å². The molecule has 3 N–H and O–H groups in total. The maximum absolute atomic E-state index is 11.4. The first-order chi connectivity index (χ1) is 15.3. The van der Waals surface area contributed by atoms with Crippen molar-refractivity contribution in [3.63, 3.8) is 0 Å². The van der Waals surface area contributed by atoms with Gasteiger partial charge in [-0.3, -0.25) is 9.69 Å². The summed E-state index contributed by atoms with van der Waals surface area (Å²) in [5.41, 5.74) is 3.27. The van der Waals surface area contributed by atoms with Crippen LogP contribution in [0, 0.1) is 0 Å². The summed E-state index contributed by atoms with van der Waals surface area (Å²) in [4.78, 5) is 31.8. The predicted molar refractivity (Wildman–Crippen MR) is 119 cm³/mol. The van der Waals surface area contributed by atoms with E-state index in [-0.39, 0.29) is 12.4 Å². The molecule has 1 atom stereocenters. The summed E-state index contributed by atoms with van der Waals surface area (Å²) in [6, 6.07) is 17.5. The molecule has 32 heavy (non-hydrogen) atoms. The molecule has 1 aliphatic heterocycles. The van der Waals surface area contributed by atoms with E-state index in [4.69, 9.17) is 24.5 Å². The van der Waals surface area contributed by atoms with Crippen LogP contribution in [0.1, 0.15) is 29.3 Å². The first kappa shape index (κ1) is 24.8. The summed E-state index contributed by atoms with van der Waals surface area (Å²) in [5.74, 6) is -3.03. The molecule has 1 heterocycles. The second kappa shape index (κ2) is 12.4. The molecule has 0 radical (unpaired) electrons. The minimum absolute atomic E-state index is 0.00493. The van der Waals surface area contributed by atoms with Gasteiger partial charge in [0.15, 0.2) is 5.78 Å². The highest BCUT2D eigenvalue weighted by molar-refractivity contribution is 6.27. The first-order valence-electron chi connectivity index (χ1n) is 10.1. The number of rotatable bonds is 7. The molecule has 0 aromatic heterocycles. The lowest BCUT2D eigenvalue weighted by Crippen LogP contribution is -2.38. The summed E-state index contributed by atoms with van der Waals surface area (Å²) in [6.45, 7) is 4.08. The van der Waals surface area contributed by atoms with Crippen LogP contribution in [0.3, 0.4) is 0 Å². The molecule has 8 heteroatoms. The molecule has 170 valence electrons. The fourth-order valence-corrected chi connectivity index (χ4v) is 3.14. The van der Waals surface area contributed by atoms with Crippen LogP contribution < -0.4 is 4.74 Å². The zero-order valence-corrected chi connectivity index (χ0v) is 17.8. The summed E-state index contributed by atoms with van der Waals surface area (Å²) in [5, 5.41) is 25.1. The highest BCUT2D eigenvalue weighted by Gasteiger charge is 2.16. The first-order valence-corrected chi connectivity index (χ1v) is 10.1. The molecular formula is C24H27NO7. The van der Waals surface area contributed by atoms with Gasteiger partial charge in [-0.15, -0.1) is 0 Å². The van der Waals surface area contributed by atoms with Crippen molar-refractivity contribution < 1.29 is 34.4 Å². The van der Waals surface area contributed by atoms with Crippen molar-refractivity contribution in [2.75, 3.05) is 26.2 Å². The Kier molecular flexibility index (Phi) is 9.59. The number of aliphatic hydroxyl groups is 1. The Labute approximate surface area is 186 Å². The number of aliphatic hydroxyl groups excluding tert-OH is 1. The van der Waals surface area contributed by atoms with Gasteiger partial charge in [-0.25, -0.2) is 9.59 Å². The smallest absolute Gasteiger partial charge is 0.414 e. The molecule has 2 aromatic carbocycles. The number of nitrogens with zero attached hydrogens (tertiary/aromatic N) is 1. The van der Waals surface area contributed by atoms with Crippen molar-refractivity contribution in [3.8, 4) is 5.75 Å². The average molecular weight is 441 g/mol. The van der Waals surface area contributed by atoms with Gasteiger partial charge in [0.05, 0.1) is 0 Å². The Morgan fingerprint density at radius 1 is 1.03 bits per heavy atom. The molecule has 0 amide bonds. The lowest BCUT2D eigenvalue weighted by atomic mass is 9.99. The van der Waals surface area contributed by atoms with Crippen molar-refractivity contribution in [2.45, 2.75) is 19.4 Å². The van der Waals surface area contributed by atoms with E-state index in [1.54, 1.807) is 24.3 Å². The van der Waals surface area contributed by atoms with Gasteiger partial charge in [-0.05, 0) is 36.6 Å². The van der Waals surface area contributed by atoms with E-state index < -0.39 is 18.0 Å². The van der Waals surface area contributed by atoms with Crippen LogP contribution in [0.2, 0.25) is 0 Å². The van der Waals surface area contributed by atoms with Crippen LogP contribution in [0.5, 0.6) is 5.75 Å². The van der Waals surface area contributed by atoms with E-state index in [1.807, 2.05) is 6.07 Å². The lowest BCUT2D eigenvalue weighted by molar-refractivity contribution is -0.159. The molecule has 0 saturated heterocycles. The maximum Gasteiger partial charge on any atom is 0.414 e. The number of carboxylic acid groups (broad SMARTS) is 2. The van der Waals surface area contributed by atoms with Gasteiger partial charge >= 0.3 is 11.9 Å². The Hall–Kier alpha value is -3.49. The summed E-state index contributed by atoms with van der Waals surface area (Å²) in [6.07, 6.45) is 2.66. The minimum Gasteiger partial charge on any atom is -0.491 e. The van der Waals surface area contributed by atoms with Gasteiger partial charge in [0.2, 0.25) is 0 Å². The highest BCUT2D eigenvalue weighted by Crippen LogP contribution is 2.22. The summed E-state index contributed by atoms with van der Waals surface area (Å²) in [7, 11) is 0. The standard InChI is InChI=1S/C22H25NO3.C2H2O4/c1-17(24)20-8-5-9-22(14-20)26-16-21(25)15-23-12-10-19(11-13-23)18-6-3-2-4-7-18;3-1(4)2(5)6/h2-10,14,21,25H,11-13,15-16H2,1H3;(H,3,4)(H,5,6). The number of ether oxygens (including phenoxy) is 1. The number of carbonyl (C=O) groups excluding carboxylic acids is 1. The summed E-state index contributed by atoms with van der Waals surface area (Å²) >= 11 is 0.